The van der Waals surface area contributed by atoms with Gasteiger partial charge < -0.3 is 9.90 Å². The first-order valence-electron chi connectivity index (χ1n) is 2.66. The van der Waals surface area contributed by atoms with Crippen LogP contribution in [0.4, 0.5) is 0 Å². The number of carboxylic acids is 1. The summed E-state index contributed by atoms with van der Waals surface area (Å²) >= 11 is 0. The molecule has 0 unspecified atom stereocenters. The quantitative estimate of drug-likeness (QED) is 0.416. The Kier molecular flexibility index (Phi) is 8.83. The van der Waals surface area contributed by atoms with Crippen LogP contribution in [-0.4, -0.2) is 5.97 Å². The van der Waals surface area contributed by atoms with E-state index in [1.165, 1.54) is 0 Å². The van der Waals surface area contributed by atoms with Crippen molar-refractivity contribution in [1.29, 1.82) is 0 Å². The second-order valence-corrected chi connectivity index (χ2v) is 1.57. The SMILES string of the molecule is C=CC(=C)C.C=CC(=O)[O-]. The van der Waals surface area contributed by atoms with E-state index in [0.717, 1.165) is 11.6 Å². The summed E-state index contributed by atoms with van der Waals surface area (Å²) in [6.45, 7) is 11.8. The smallest absolute Gasteiger partial charge is 0.0636 e. The molecule has 0 heterocycles. The van der Waals surface area contributed by atoms with Gasteiger partial charge in [0.1, 0.15) is 0 Å². The largest absolute Gasteiger partial charge is 0.545 e. The second-order valence-electron chi connectivity index (χ2n) is 1.57. The van der Waals surface area contributed by atoms with E-state index >= 15 is 0 Å². The van der Waals surface area contributed by atoms with Crippen molar-refractivity contribution >= 4 is 5.97 Å². The molecule has 0 saturated heterocycles. The molecule has 2 nitrogen and oxygen atoms in total. The van der Waals surface area contributed by atoms with Crippen LogP contribution in [0.5, 0.6) is 0 Å². The molecule has 0 rings (SSSR count). The Bertz CT molecular complexity index is 127. The standard InChI is InChI=1S/C5H8.C3H4O2/c1-4-5(2)3;1-2-3(4)5/h4H,1-2H2,3H3;2H,1H2,(H,4,5)/p-1. The molecule has 0 atom stereocenters. The van der Waals surface area contributed by atoms with E-state index in [0.29, 0.717) is 0 Å². The van der Waals surface area contributed by atoms with Gasteiger partial charge in [-0.15, -0.1) is 0 Å². The lowest BCUT2D eigenvalue weighted by Crippen LogP contribution is -2.17. The van der Waals surface area contributed by atoms with Gasteiger partial charge in [0.15, 0.2) is 0 Å². The molecule has 0 radical (unpaired) electrons. The van der Waals surface area contributed by atoms with Crippen LogP contribution in [0.3, 0.4) is 0 Å². The highest BCUT2D eigenvalue weighted by Crippen LogP contribution is 1.81. The van der Waals surface area contributed by atoms with Crippen molar-refractivity contribution in [2.45, 2.75) is 6.92 Å². The minimum atomic E-state index is -1.23. The number of carbonyl (C=O) groups is 1. The first-order chi connectivity index (χ1) is 4.54. The molecule has 0 aliphatic heterocycles. The van der Waals surface area contributed by atoms with E-state index in [4.69, 9.17) is 9.90 Å². The Morgan fingerprint density at radius 3 is 1.60 bits per heavy atom. The van der Waals surface area contributed by atoms with Crippen LogP contribution in [0, 0.1) is 0 Å². The summed E-state index contributed by atoms with van der Waals surface area (Å²) in [5.41, 5.74) is 1.02. The first kappa shape index (κ1) is 11.5. The molecule has 0 N–H and O–H groups in total. The number of carboxylic acid groups (broad SMARTS) is 1. The summed E-state index contributed by atoms with van der Waals surface area (Å²) in [7, 11) is 0. The molecule has 0 amide bonds. The van der Waals surface area contributed by atoms with E-state index < -0.39 is 5.97 Å². The number of carbonyl (C=O) groups excluding carboxylic acids is 1. The van der Waals surface area contributed by atoms with E-state index in [1.807, 2.05) is 6.92 Å². The third-order valence-corrected chi connectivity index (χ3v) is 0.515. The molecule has 0 aliphatic rings. The molecule has 0 spiro atoms. The summed E-state index contributed by atoms with van der Waals surface area (Å²) in [5.74, 6) is -1.23. The second kappa shape index (κ2) is 7.69. The number of allylic oxidation sites excluding steroid dienone is 2. The van der Waals surface area contributed by atoms with E-state index in [-0.39, 0.29) is 0 Å². The average Bonchev–Trinajstić information content (AvgIpc) is 1.89. The van der Waals surface area contributed by atoms with Gasteiger partial charge in [-0.2, -0.15) is 0 Å². The minimum absolute atomic E-state index is 0.722. The van der Waals surface area contributed by atoms with Crippen LogP contribution in [-0.2, 0) is 4.79 Å². The van der Waals surface area contributed by atoms with Crippen LogP contribution in [0.25, 0.3) is 0 Å². The number of rotatable bonds is 2. The van der Waals surface area contributed by atoms with Crippen molar-refractivity contribution in [1.82, 2.24) is 0 Å². The minimum Gasteiger partial charge on any atom is -0.545 e. The predicted molar refractivity (Wildman–Crippen MR) is 40.2 cm³/mol. The average molecular weight is 139 g/mol. The van der Waals surface area contributed by atoms with Gasteiger partial charge in [-0.05, 0) is 13.0 Å². The lowest BCUT2D eigenvalue weighted by molar-refractivity contribution is -0.297. The normalized spacial score (nSPS) is 6.50. The Balaban J connectivity index is 0. The fourth-order valence-corrected chi connectivity index (χ4v) is 0. The van der Waals surface area contributed by atoms with Crippen molar-refractivity contribution in [3.05, 3.63) is 37.5 Å². The molecule has 2 heteroatoms. The summed E-state index contributed by atoms with van der Waals surface area (Å²) in [6, 6.07) is 0. The van der Waals surface area contributed by atoms with Gasteiger partial charge in [0, 0.05) is 0 Å². The molecule has 0 aromatic rings. The zero-order valence-corrected chi connectivity index (χ0v) is 6.09. The molecule has 0 aliphatic carbocycles. The molecule has 0 aromatic heterocycles. The maximum atomic E-state index is 9.14. The summed E-state index contributed by atoms with van der Waals surface area (Å²) in [6.07, 6.45) is 2.44. The monoisotopic (exact) mass is 139 g/mol. The van der Waals surface area contributed by atoms with Gasteiger partial charge in [-0.1, -0.05) is 31.4 Å². The zero-order chi connectivity index (χ0) is 8.57. The summed E-state index contributed by atoms with van der Waals surface area (Å²) < 4.78 is 0. The molecule has 0 aromatic carbocycles. The summed E-state index contributed by atoms with van der Waals surface area (Å²) in [4.78, 5) is 9.14. The van der Waals surface area contributed by atoms with Crippen LogP contribution in [0.15, 0.2) is 37.5 Å². The maximum Gasteiger partial charge on any atom is 0.0636 e. The highest BCUT2D eigenvalue weighted by atomic mass is 16.4. The van der Waals surface area contributed by atoms with Crippen molar-refractivity contribution < 1.29 is 9.90 Å². The number of hydrogen-bond donors (Lipinski definition) is 0. The highest BCUT2D eigenvalue weighted by Gasteiger charge is 1.59. The molecule has 0 saturated carbocycles. The van der Waals surface area contributed by atoms with E-state index in [9.17, 15) is 0 Å². The lowest BCUT2D eigenvalue weighted by atomic mass is 10.4. The van der Waals surface area contributed by atoms with Gasteiger partial charge in [0.05, 0.1) is 5.97 Å². The third-order valence-electron chi connectivity index (χ3n) is 0.515. The van der Waals surface area contributed by atoms with Gasteiger partial charge in [-0.3, -0.25) is 0 Å². The molecule has 10 heavy (non-hydrogen) atoms. The van der Waals surface area contributed by atoms with Crippen molar-refractivity contribution in [2.75, 3.05) is 0 Å². The van der Waals surface area contributed by atoms with Crippen LogP contribution in [0.2, 0.25) is 0 Å². The Morgan fingerprint density at radius 1 is 1.40 bits per heavy atom. The molecule has 56 valence electrons. The van der Waals surface area contributed by atoms with Crippen molar-refractivity contribution in [3.63, 3.8) is 0 Å². The van der Waals surface area contributed by atoms with Crippen LogP contribution >= 0.6 is 0 Å². The Morgan fingerprint density at radius 2 is 1.60 bits per heavy atom. The van der Waals surface area contributed by atoms with Crippen molar-refractivity contribution in [3.8, 4) is 0 Å². The lowest BCUT2D eigenvalue weighted by Gasteiger charge is -1.81. The van der Waals surface area contributed by atoms with Crippen molar-refractivity contribution in [2.24, 2.45) is 0 Å². The van der Waals surface area contributed by atoms with Gasteiger partial charge in [-0.25, -0.2) is 0 Å². The van der Waals surface area contributed by atoms with E-state index in [1.54, 1.807) is 6.08 Å². The highest BCUT2D eigenvalue weighted by molar-refractivity contribution is 5.76. The van der Waals surface area contributed by atoms with E-state index in [2.05, 4.69) is 19.7 Å². The summed E-state index contributed by atoms with van der Waals surface area (Å²) in [5, 5.41) is 9.14. The maximum absolute atomic E-state index is 9.14. The number of hydrogen-bond acceptors (Lipinski definition) is 2. The van der Waals surface area contributed by atoms with Crippen LogP contribution < -0.4 is 5.11 Å². The Labute approximate surface area is 61.2 Å². The fraction of sp³-hybridized carbons (Fsp3) is 0.125. The molecule has 0 bridgehead atoms. The first-order valence-corrected chi connectivity index (χ1v) is 2.66. The van der Waals surface area contributed by atoms with Gasteiger partial charge in [0.25, 0.3) is 0 Å². The van der Waals surface area contributed by atoms with Gasteiger partial charge in [0.2, 0.25) is 0 Å². The molecule has 0 fully saturated rings. The Hall–Kier alpha value is -1.31. The zero-order valence-electron chi connectivity index (χ0n) is 6.09. The number of aliphatic carboxylic acids is 1. The predicted octanol–water partition coefficient (Wildman–Crippen LogP) is 0.671. The van der Waals surface area contributed by atoms with Crippen LogP contribution in [0.1, 0.15) is 6.92 Å². The molecular formula is C8H11O2-. The third kappa shape index (κ3) is 29.9. The topological polar surface area (TPSA) is 40.1 Å². The molecular weight excluding hydrogens is 128 g/mol. The van der Waals surface area contributed by atoms with Gasteiger partial charge >= 0.3 is 0 Å². The fourth-order valence-electron chi connectivity index (χ4n) is 0.